The number of benzene rings is 1. The number of aryl methyl sites for hydroxylation is 1. The standard InChI is InChI=1S/C18H24N2O/c19-15-9-10-16-14(12-15)7-4-8-17(16)20-18(21)11-13-5-2-1-3-6-13/h5,9-10,12,17H,1-4,6-8,11,19H2,(H,20,21). The molecule has 1 aromatic rings. The predicted octanol–water partition coefficient (Wildman–Crippen LogP) is 3.65. The van der Waals surface area contributed by atoms with E-state index in [1.807, 2.05) is 6.07 Å². The number of rotatable bonds is 3. The van der Waals surface area contributed by atoms with Crippen LogP contribution in [0.4, 0.5) is 5.69 Å². The number of fused-ring (bicyclic) bond motifs is 1. The molecule has 0 aromatic heterocycles. The molecule has 0 bridgehead atoms. The number of nitrogen functional groups attached to an aromatic ring is 1. The van der Waals surface area contributed by atoms with Crippen molar-refractivity contribution in [3.8, 4) is 0 Å². The highest BCUT2D eigenvalue weighted by molar-refractivity contribution is 5.79. The summed E-state index contributed by atoms with van der Waals surface area (Å²) < 4.78 is 0. The Balaban J connectivity index is 1.66. The average Bonchev–Trinajstić information content (AvgIpc) is 2.48. The molecule has 1 aromatic carbocycles. The van der Waals surface area contributed by atoms with E-state index in [4.69, 9.17) is 5.73 Å². The number of hydrogen-bond donors (Lipinski definition) is 2. The van der Waals surface area contributed by atoms with E-state index in [0.717, 1.165) is 37.8 Å². The largest absolute Gasteiger partial charge is 0.399 e. The highest BCUT2D eigenvalue weighted by atomic mass is 16.1. The molecule has 21 heavy (non-hydrogen) atoms. The number of anilines is 1. The molecule has 1 atom stereocenters. The molecule has 3 heteroatoms. The van der Waals surface area contributed by atoms with E-state index in [2.05, 4.69) is 23.5 Å². The van der Waals surface area contributed by atoms with Gasteiger partial charge in [0.1, 0.15) is 0 Å². The van der Waals surface area contributed by atoms with E-state index >= 15 is 0 Å². The molecule has 0 saturated heterocycles. The van der Waals surface area contributed by atoms with Gasteiger partial charge in [-0.3, -0.25) is 4.79 Å². The van der Waals surface area contributed by atoms with Crippen molar-refractivity contribution in [1.82, 2.24) is 5.32 Å². The van der Waals surface area contributed by atoms with E-state index in [0.29, 0.717) is 6.42 Å². The van der Waals surface area contributed by atoms with Crippen LogP contribution in [0.1, 0.15) is 62.1 Å². The second kappa shape index (κ2) is 6.33. The Kier molecular flexibility index (Phi) is 4.28. The number of amides is 1. The smallest absolute Gasteiger partial charge is 0.224 e. The van der Waals surface area contributed by atoms with Gasteiger partial charge in [0.2, 0.25) is 5.91 Å². The van der Waals surface area contributed by atoms with E-state index in [1.165, 1.54) is 29.5 Å². The van der Waals surface area contributed by atoms with Gasteiger partial charge in [0.15, 0.2) is 0 Å². The lowest BCUT2D eigenvalue weighted by molar-refractivity contribution is -0.121. The summed E-state index contributed by atoms with van der Waals surface area (Å²) in [6, 6.07) is 6.23. The van der Waals surface area contributed by atoms with Gasteiger partial charge in [-0.15, -0.1) is 0 Å². The van der Waals surface area contributed by atoms with Crippen LogP contribution in [-0.4, -0.2) is 5.91 Å². The van der Waals surface area contributed by atoms with Gasteiger partial charge in [0.25, 0.3) is 0 Å². The molecule has 0 aliphatic heterocycles. The Morgan fingerprint density at radius 3 is 2.95 bits per heavy atom. The highest BCUT2D eigenvalue weighted by Crippen LogP contribution is 2.31. The van der Waals surface area contributed by atoms with Crippen molar-refractivity contribution in [2.45, 2.75) is 57.4 Å². The Morgan fingerprint density at radius 2 is 2.14 bits per heavy atom. The van der Waals surface area contributed by atoms with Crippen LogP contribution in [0, 0.1) is 0 Å². The van der Waals surface area contributed by atoms with Gasteiger partial charge in [-0.25, -0.2) is 0 Å². The molecule has 112 valence electrons. The molecule has 0 radical (unpaired) electrons. The van der Waals surface area contributed by atoms with Crippen molar-refractivity contribution in [3.05, 3.63) is 41.0 Å². The zero-order valence-corrected chi connectivity index (χ0v) is 12.5. The van der Waals surface area contributed by atoms with Crippen molar-refractivity contribution in [1.29, 1.82) is 0 Å². The summed E-state index contributed by atoms with van der Waals surface area (Å²) in [7, 11) is 0. The van der Waals surface area contributed by atoms with Gasteiger partial charge < -0.3 is 11.1 Å². The van der Waals surface area contributed by atoms with E-state index in [-0.39, 0.29) is 11.9 Å². The fraction of sp³-hybridized carbons (Fsp3) is 0.500. The molecule has 0 heterocycles. The molecule has 2 aliphatic carbocycles. The van der Waals surface area contributed by atoms with Crippen LogP contribution in [0.5, 0.6) is 0 Å². The Bertz CT molecular complexity index is 562. The Labute approximate surface area is 126 Å². The third kappa shape index (κ3) is 3.46. The SMILES string of the molecule is Nc1ccc2c(c1)CCCC2NC(=O)CC1=CCCCC1. The molecule has 1 unspecified atom stereocenters. The third-order valence-corrected chi connectivity index (χ3v) is 4.59. The molecule has 2 aliphatic rings. The molecule has 1 amide bonds. The number of nitrogens with two attached hydrogens (primary N) is 1. The number of hydrogen-bond acceptors (Lipinski definition) is 2. The van der Waals surface area contributed by atoms with Crippen LogP contribution in [-0.2, 0) is 11.2 Å². The minimum atomic E-state index is 0.158. The zero-order valence-electron chi connectivity index (χ0n) is 12.5. The lowest BCUT2D eigenvalue weighted by atomic mass is 9.87. The van der Waals surface area contributed by atoms with Gasteiger partial charge in [-0.1, -0.05) is 17.7 Å². The maximum absolute atomic E-state index is 12.3. The molecule has 0 fully saturated rings. The number of allylic oxidation sites excluding steroid dienone is 1. The summed E-state index contributed by atoms with van der Waals surface area (Å²) in [5.41, 5.74) is 10.5. The minimum Gasteiger partial charge on any atom is -0.399 e. The summed E-state index contributed by atoms with van der Waals surface area (Å²) >= 11 is 0. The van der Waals surface area contributed by atoms with E-state index < -0.39 is 0 Å². The predicted molar refractivity (Wildman–Crippen MR) is 85.8 cm³/mol. The first-order valence-corrected chi connectivity index (χ1v) is 8.08. The van der Waals surface area contributed by atoms with Crippen LogP contribution < -0.4 is 11.1 Å². The number of carbonyl (C=O) groups excluding carboxylic acids is 1. The van der Waals surface area contributed by atoms with E-state index in [9.17, 15) is 4.79 Å². The van der Waals surface area contributed by atoms with Gasteiger partial charge in [-0.05, 0) is 68.2 Å². The maximum Gasteiger partial charge on any atom is 0.224 e. The summed E-state index contributed by atoms with van der Waals surface area (Å²) in [6.45, 7) is 0. The highest BCUT2D eigenvalue weighted by Gasteiger charge is 2.22. The number of carbonyl (C=O) groups is 1. The number of nitrogens with one attached hydrogen (secondary N) is 1. The van der Waals surface area contributed by atoms with E-state index in [1.54, 1.807) is 0 Å². The van der Waals surface area contributed by atoms with Crippen molar-refractivity contribution in [2.75, 3.05) is 5.73 Å². The van der Waals surface area contributed by atoms with Gasteiger partial charge in [-0.2, -0.15) is 0 Å². The molecule has 3 N–H and O–H groups in total. The second-order valence-electron chi connectivity index (χ2n) is 6.26. The molecule has 0 saturated carbocycles. The quantitative estimate of drug-likeness (QED) is 0.657. The summed E-state index contributed by atoms with van der Waals surface area (Å²) in [5, 5.41) is 3.22. The normalized spacial score (nSPS) is 21.3. The second-order valence-corrected chi connectivity index (χ2v) is 6.26. The van der Waals surface area contributed by atoms with Crippen molar-refractivity contribution >= 4 is 11.6 Å². The van der Waals surface area contributed by atoms with Gasteiger partial charge in [0.05, 0.1) is 6.04 Å². The van der Waals surface area contributed by atoms with Crippen LogP contribution in [0.15, 0.2) is 29.8 Å². The topological polar surface area (TPSA) is 55.1 Å². The lowest BCUT2D eigenvalue weighted by Crippen LogP contribution is -2.31. The first-order valence-electron chi connectivity index (χ1n) is 8.08. The lowest BCUT2D eigenvalue weighted by Gasteiger charge is -2.27. The molecular weight excluding hydrogens is 260 g/mol. The first kappa shape index (κ1) is 14.2. The molecule has 3 rings (SSSR count). The Morgan fingerprint density at radius 1 is 1.24 bits per heavy atom. The Hall–Kier alpha value is -1.77. The first-order chi connectivity index (χ1) is 10.2. The fourth-order valence-corrected chi connectivity index (χ4v) is 3.50. The van der Waals surface area contributed by atoms with Crippen LogP contribution in [0.3, 0.4) is 0 Å². The molecule has 3 nitrogen and oxygen atoms in total. The third-order valence-electron chi connectivity index (χ3n) is 4.59. The molecule has 0 spiro atoms. The van der Waals surface area contributed by atoms with Crippen LogP contribution >= 0.6 is 0 Å². The van der Waals surface area contributed by atoms with Gasteiger partial charge in [0, 0.05) is 12.1 Å². The van der Waals surface area contributed by atoms with Gasteiger partial charge >= 0.3 is 0 Å². The van der Waals surface area contributed by atoms with Crippen molar-refractivity contribution in [3.63, 3.8) is 0 Å². The minimum absolute atomic E-state index is 0.158. The van der Waals surface area contributed by atoms with Crippen molar-refractivity contribution < 1.29 is 4.79 Å². The monoisotopic (exact) mass is 284 g/mol. The summed E-state index contributed by atoms with van der Waals surface area (Å²) in [5.74, 6) is 0.165. The van der Waals surface area contributed by atoms with Crippen LogP contribution in [0.25, 0.3) is 0 Å². The summed E-state index contributed by atoms with van der Waals surface area (Å²) in [6.07, 6.45) is 10.7. The summed E-state index contributed by atoms with van der Waals surface area (Å²) in [4.78, 5) is 12.3. The fourth-order valence-electron chi connectivity index (χ4n) is 3.50. The van der Waals surface area contributed by atoms with Crippen LogP contribution in [0.2, 0.25) is 0 Å². The molecular formula is C18H24N2O. The average molecular weight is 284 g/mol. The zero-order chi connectivity index (χ0) is 14.7. The van der Waals surface area contributed by atoms with Crippen molar-refractivity contribution in [2.24, 2.45) is 0 Å². The maximum atomic E-state index is 12.3.